The van der Waals surface area contributed by atoms with Crippen LogP contribution in [-0.2, 0) is 65.4 Å². The van der Waals surface area contributed by atoms with E-state index in [0.29, 0.717) is 37.5 Å². The zero-order valence-corrected chi connectivity index (χ0v) is 53.9. The Balaban J connectivity index is 5.23. The van der Waals surface area contributed by atoms with Crippen LogP contribution in [0.2, 0.25) is 0 Å². The molecule has 19 heteroatoms. The van der Waals surface area contributed by atoms with E-state index in [1.54, 1.807) is 0 Å². The van der Waals surface area contributed by atoms with Gasteiger partial charge in [-0.1, -0.05) is 253 Å². The van der Waals surface area contributed by atoms with Gasteiger partial charge < -0.3 is 33.8 Å². The minimum Gasteiger partial charge on any atom is -0.462 e. The molecule has 5 atom stereocenters. The van der Waals surface area contributed by atoms with Gasteiger partial charge in [0.05, 0.1) is 26.4 Å². The Morgan fingerprint density at radius 2 is 0.568 bits per heavy atom. The van der Waals surface area contributed by atoms with E-state index in [-0.39, 0.29) is 25.7 Å². The van der Waals surface area contributed by atoms with Gasteiger partial charge in [0.25, 0.3) is 0 Å². The summed E-state index contributed by atoms with van der Waals surface area (Å²) in [4.78, 5) is 72.0. The molecule has 0 aromatic heterocycles. The molecule has 0 aromatic rings. The van der Waals surface area contributed by atoms with Crippen molar-refractivity contribution in [1.82, 2.24) is 0 Å². The van der Waals surface area contributed by atoms with Crippen molar-refractivity contribution in [2.75, 3.05) is 39.6 Å². The monoisotopic (exact) mass is 1200 g/mol. The molecular weight excluding hydrogens is 1080 g/mol. The number of carbonyl (C=O) groups is 4. The summed E-state index contributed by atoms with van der Waals surface area (Å²) >= 11 is 0. The largest absolute Gasteiger partial charge is 0.472 e. The molecule has 0 saturated heterocycles. The number of esters is 4. The van der Waals surface area contributed by atoms with Crippen LogP contribution in [0.15, 0.2) is 0 Å². The molecule has 2 unspecified atom stereocenters. The normalized spacial score (nSPS) is 14.4. The number of ether oxygens (including phenoxy) is 4. The number of carbonyl (C=O) groups excluding carboxylic acids is 4. The molecule has 0 rings (SSSR count). The highest BCUT2D eigenvalue weighted by atomic mass is 31.2. The van der Waals surface area contributed by atoms with Crippen molar-refractivity contribution in [3.05, 3.63) is 0 Å². The van der Waals surface area contributed by atoms with E-state index < -0.39 is 97.5 Å². The molecule has 0 heterocycles. The van der Waals surface area contributed by atoms with E-state index in [0.717, 1.165) is 96.3 Å². The van der Waals surface area contributed by atoms with Gasteiger partial charge >= 0.3 is 39.5 Å². The summed E-state index contributed by atoms with van der Waals surface area (Å²) in [7, 11) is -9.88. The van der Waals surface area contributed by atoms with Crippen molar-refractivity contribution in [2.24, 2.45) is 11.8 Å². The summed E-state index contributed by atoms with van der Waals surface area (Å²) in [5.74, 6) is -0.793. The third-order valence-corrected chi connectivity index (χ3v) is 16.1. The lowest BCUT2D eigenvalue weighted by molar-refractivity contribution is -0.161. The van der Waals surface area contributed by atoms with E-state index >= 15 is 0 Å². The number of unbranched alkanes of at least 4 members (excludes halogenated alkanes) is 31. The fraction of sp³-hybridized carbons (Fsp3) is 0.935. The highest BCUT2D eigenvalue weighted by Crippen LogP contribution is 2.45. The fourth-order valence-electron chi connectivity index (χ4n) is 9.18. The predicted octanol–water partition coefficient (Wildman–Crippen LogP) is 16.9. The maximum absolute atomic E-state index is 12.9. The second-order valence-corrected chi connectivity index (χ2v) is 26.3. The van der Waals surface area contributed by atoms with Crippen LogP contribution in [0.4, 0.5) is 0 Å². The minimum atomic E-state index is -4.94. The molecule has 17 nitrogen and oxygen atoms in total. The Hall–Kier alpha value is -1.94. The molecule has 0 saturated carbocycles. The molecule has 0 aliphatic rings. The van der Waals surface area contributed by atoms with Gasteiger partial charge in [-0.25, -0.2) is 9.13 Å². The standard InChI is InChI=1S/C62H120O17P2/c1-7-9-11-13-15-17-19-20-21-23-25-34-40-46-61(66)78-57(50-72-59(64)44-38-32-24-22-18-16-14-12-10-8-2)52-76-80(68,69)74-48-56(63)49-75-81(70,71)77-53-58(79-62(67)47-41-35-29-27-31-37-43-55(5)6)51-73-60(65)45-39-33-28-26-30-36-42-54(3)4/h54-58,63H,7-53H2,1-6H3,(H,68,69)(H,70,71)/t56-,57-,58-/m1/s1. The number of hydrogen-bond acceptors (Lipinski definition) is 15. The Bertz CT molecular complexity index is 1600. The van der Waals surface area contributed by atoms with E-state index in [1.807, 2.05) is 0 Å². The van der Waals surface area contributed by atoms with Crippen LogP contribution >= 0.6 is 15.6 Å². The van der Waals surface area contributed by atoms with Gasteiger partial charge in [-0.2, -0.15) is 0 Å². The Kier molecular flexibility index (Phi) is 53.4. The molecule has 0 fully saturated rings. The van der Waals surface area contributed by atoms with Crippen molar-refractivity contribution in [3.63, 3.8) is 0 Å². The Morgan fingerprint density at radius 1 is 0.333 bits per heavy atom. The number of aliphatic hydroxyl groups excluding tert-OH is 1. The maximum atomic E-state index is 12.9. The van der Waals surface area contributed by atoms with Gasteiger partial charge in [0.1, 0.15) is 19.3 Å². The van der Waals surface area contributed by atoms with Gasteiger partial charge in [-0.3, -0.25) is 37.3 Å². The quantitative estimate of drug-likeness (QED) is 0.0222. The molecule has 0 amide bonds. The highest BCUT2D eigenvalue weighted by Gasteiger charge is 2.30. The fourth-order valence-corrected chi connectivity index (χ4v) is 10.8. The van der Waals surface area contributed by atoms with Crippen LogP contribution in [-0.4, -0.2) is 96.7 Å². The van der Waals surface area contributed by atoms with Gasteiger partial charge in [0, 0.05) is 25.7 Å². The van der Waals surface area contributed by atoms with Crippen LogP contribution in [0.25, 0.3) is 0 Å². The summed E-state index contributed by atoms with van der Waals surface area (Å²) in [6.45, 7) is 9.30. The number of hydrogen-bond donors (Lipinski definition) is 3. The van der Waals surface area contributed by atoms with Crippen LogP contribution in [0.5, 0.6) is 0 Å². The SMILES string of the molecule is CCCCCCCCCCCCCCCC(=O)O[C@H](COC(=O)CCCCCCCCCCCC)COP(=O)(O)OC[C@@H](O)COP(=O)(O)OC[C@@H](COC(=O)CCCCCCCCC(C)C)OC(=O)CCCCCCCCC(C)C. The van der Waals surface area contributed by atoms with Gasteiger partial charge in [-0.05, 0) is 37.5 Å². The van der Waals surface area contributed by atoms with Crippen molar-refractivity contribution in [2.45, 2.75) is 323 Å². The first-order valence-electron chi connectivity index (χ1n) is 32.5. The molecular formula is C62H120O17P2. The molecule has 0 spiro atoms. The number of rotatable bonds is 61. The Morgan fingerprint density at radius 3 is 0.840 bits per heavy atom. The lowest BCUT2D eigenvalue weighted by Crippen LogP contribution is -2.30. The van der Waals surface area contributed by atoms with Crippen LogP contribution < -0.4 is 0 Å². The number of aliphatic hydroxyl groups is 1. The zero-order chi connectivity index (χ0) is 60.1. The summed E-state index contributed by atoms with van der Waals surface area (Å²) in [5, 5.41) is 10.5. The average molecular weight is 1200 g/mol. The summed E-state index contributed by atoms with van der Waals surface area (Å²) in [6.07, 6.45) is 36.4. The lowest BCUT2D eigenvalue weighted by Gasteiger charge is -2.21. The topological polar surface area (TPSA) is 237 Å². The Labute approximate surface area is 492 Å². The van der Waals surface area contributed by atoms with Crippen molar-refractivity contribution in [3.8, 4) is 0 Å². The summed E-state index contributed by atoms with van der Waals surface area (Å²) in [5.41, 5.74) is 0. The highest BCUT2D eigenvalue weighted by molar-refractivity contribution is 7.47. The smallest absolute Gasteiger partial charge is 0.462 e. The molecule has 0 bridgehead atoms. The van der Waals surface area contributed by atoms with E-state index in [2.05, 4.69) is 41.5 Å². The van der Waals surface area contributed by atoms with Crippen LogP contribution in [0.3, 0.4) is 0 Å². The number of phosphoric ester groups is 2. The summed E-state index contributed by atoms with van der Waals surface area (Å²) in [6, 6.07) is 0. The predicted molar refractivity (Wildman–Crippen MR) is 321 cm³/mol. The first-order chi connectivity index (χ1) is 38.9. The van der Waals surface area contributed by atoms with E-state index in [4.69, 9.17) is 37.0 Å². The molecule has 3 N–H and O–H groups in total. The van der Waals surface area contributed by atoms with Gasteiger partial charge in [0.15, 0.2) is 12.2 Å². The van der Waals surface area contributed by atoms with E-state index in [1.165, 1.54) is 116 Å². The molecule has 0 aliphatic heterocycles. The lowest BCUT2D eigenvalue weighted by atomic mass is 10.0. The first kappa shape index (κ1) is 79.1. The van der Waals surface area contributed by atoms with Crippen LogP contribution in [0, 0.1) is 11.8 Å². The van der Waals surface area contributed by atoms with Gasteiger partial charge in [-0.15, -0.1) is 0 Å². The third-order valence-electron chi connectivity index (χ3n) is 14.2. The second-order valence-electron chi connectivity index (χ2n) is 23.4. The second kappa shape index (κ2) is 54.7. The van der Waals surface area contributed by atoms with Crippen molar-refractivity contribution < 1.29 is 80.2 Å². The first-order valence-corrected chi connectivity index (χ1v) is 35.5. The number of phosphoric acid groups is 2. The van der Waals surface area contributed by atoms with Crippen LogP contribution in [0.1, 0.15) is 305 Å². The molecule has 0 radical (unpaired) electrons. The molecule has 0 aliphatic carbocycles. The minimum absolute atomic E-state index is 0.101. The molecule has 81 heavy (non-hydrogen) atoms. The van der Waals surface area contributed by atoms with E-state index in [9.17, 15) is 43.2 Å². The molecule has 0 aromatic carbocycles. The van der Waals surface area contributed by atoms with Crippen molar-refractivity contribution >= 4 is 39.5 Å². The third kappa shape index (κ3) is 56.9. The molecule has 480 valence electrons. The average Bonchev–Trinajstić information content (AvgIpc) is 3.42. The zero-order valence-electron chi connectivity index (χ0n) is 52.1. The maximum Gasteiger partial charge on any atom is 0.472 e. The van der Waals surface area contributed by atoms with Gasteiger partial charge in [0.2, 0.25) is 0 Å². The van der Waals surface area contributed by atoms with Crippen molar-refractivity contribution in [1.29, 1.82) is 0 Å². The summed E-state index contributed by atoms with van der Waals surface area (Å²) < 4.78 is 67.8.